The number of ether oxygens (including phenoxy) is 1. The maximum Gasteiger partial charge on any atom is 0.150 e. The summed E-state index contributed by atoms with van der Waals surface area (Å²) in [5, 5.41) is 0. The lowest BCUT2D eigenvalue weighted by Crippen LogP contribution is -2.09. The molecule has 2 aromatic carbocycles. The van der Waals surface area contributed by atoms with Crippen LogP contribution in [0, 0.1) is 0 Å². The molecule has 0 N–H and O–H groups in total. The highest BCUT2D eigenvalue weighted by Gasteiger charge is 2.03. The second-order valence-electron chi connectivity index (χ2n) is 3.97. The summed E-state index contributed by atoms with van der Waals surface area (Å²) in [6, 6.07) is 15.3. The number of nitrogens with zero attached hydrogens (tertiary/aromatic N) is 1. The largest absolute Gasteiger partial charge is 0.497 e. The molecule has 0 heterocycles. The number of methoxy groups -OCH3 is 1. The molecule has 0 aromatic heterocycles. The van der Waals surface area contributed by atoms with Crippen LogP contribution in [-0.2, 0) is 0 Å². The van der Waals surface area contributed by atoms with Gasteiger partial charge in [-0.1, -0.05) is 0 Å². The molecular weight excluding hydrogens is 226 g/mol. The number of benzene rings is 2. The normalized spacial score (nSPS) is 9.89. The first-order valence-electron chi connectivity index (χ1n) is 5.67. The standard InChI is InChI=1S/C15H15NO2/c1-16(13-5-3-12(11-17)4-6-13)14-7-9-15(18-2)10-8-14/h3-11H,1-2H3. The Kier molecular flexibility index (Phi) is 3.63. The fourth-order valence-corrected chi connectivity index (χ4v) is 1.73. The van der Waals surface area contributed by atoms with E-state index in [2.05, 4.69) is 0 Å². The quantitative estimate of drug-likeness (QED) is 0.769. The number of hydrogen-bond acceptors (Lipinski definition) is 3. The summed E-state index contributed by atoms with van der Waals surface area (Å²) in [4.78, 5) is 12.7. The second-order valence-corrected chi connectivity index (χ2v) is 3.97. The zero-order valence-corrected chi connectivity index (χ0v) is 10.5. The summed E-state index contributed by atoms with van der Waals surface area (Å²) in [5.41, 5.74) is 2.78. The van der Waals surface area contributed by atoms with E-state index in [1.807, 2.05) is 60.5 Å². The SMILES string of the molecule is COc1ccc(N(C)c2ccc(C=O)cc2)cc1. The molecule has 18 heavy (non-hydrogen) atoms. The minimum absolute atomic E-state index is 0.682. The van der Waals surface area contributed by atoms with Gasteiger partial charge < -0.3 is 9.64 Å². The average Bonchev–Trinajstić information content (AvgIpc) is 2.47. The van der Waals surface area contributed by atoms with Crippen LogP contribution < -0.4 is 9.64 Å². The number of anilines is 2. The number of carbonyl (C=O) groups is 1. The lowest BCUT2D eigenvalue weighted by Gasteiger charge is -2.19. The molecule has 0 aliphatic carbocycles. The highest BCUT2D eigenvalue weighted by atomic mass is 16.5. The molecular formula is C15H15NO2. The minimum atomic E-state index is 0.682. The molecule has 0 amide bonds. The number of rotatable bonds is 4. The van der Waals surface area contributed by atoms with Gasteiger partial charge in [-0.05, 0) is 48.5 Å². The predicted molar refractivity (Wildman–Crippen MR) is 72.9 cm³/mol. The van der Waals surface area contributed by atoms with Gasteiger partial charge in [-0.3, -0.25) is 4.79 Å². The van der Waals surface area contributed by atoms with Crippen molar-refractivity contribution in [3.05, 3.63) is 54.1 Å². The van der Waals surface area contributed by atoms with E-state index in [1.165, 1.54) is 0 Å². The molecule has 2 rings (SSSR count). The summed E-state index contributed by atoms with van der Waals surface area (Å²) in [6.07, 6.45) is 0.844. The van der Waals surface area contributed by atoms with Gasteiger partial charge in [0.15, 0.2) is 0 Å². The predicted octanol–water partition coefficient (Wildman–Crippen LogP) is 3.28. The van der Waals surface area contributed by atoms with Crippen LogP contribution in [0.25, 0.3) is 0 Å². The van der Waals surface area contributed by atoms with Crippen molar-refractivity contribution >= 4 is 17.7 Å². The first-order valence-corrected chi connectivity index (χ1v) is 5.67. The van der Waals surface area contributed by atoms with Gasteiger partial charge in [-0.25, -0.2) is 0 Å². The zero-order chi connectivity index (χ0) is 13.0. The van der Waals surface area contributed by atoms with E-state index in [0.29, 0.717) is 5.56 Å². The zero-order valence-electron chi connectivity index (χ0n) is 10.5. The molecule has 92 valence electrons. The molecule has 0 aliphatic rings. The van der Waals surface area contributed by atoms with Gasteiger partial charge in [0.2, 0.25) is 0 Å². The highest BCUT2D eigenvalue weighted by Crippen LogP contribution is 2.25. The van der Waals surface area contributed by atoms with E-state index in [4.69, 9.17) is 4.74 Å². The number of aldehydes is 1. The fraction of sp³-hybridized carbons (Fsp3) is 0.133. The van der Waals surface area contributed by atoms with E-state index >= 15 is 0 Å². The Balaban J connectivity index is 2.22. The van der Waals surface area contributed by atoms with E-state index in [1.54, 1.807) is 7.11 Å². The lowest BCUT2D eigenvalue weighted by molar-refractivity contribution is 0.112. The van der Waals surface area contributed by atoms with E-state index in [-0.39, 0.29) is 0 Å². The van der Waals surface area contributed by atoms with Crippen LogP contribution in [0.5, 0.6) is 5.75 Å². The molecule has 2 aromatic rings. The Labute approximate surface area is 107 Å². The maximum absolute atomic E-state index is 10.6. The molecule has 0 fully saturated rings. The third-order valence-electron chi connectivity index (χ3n) is 2.88. The van der Waals surface area contributed by atoms with Gasteiger partial charge >= 0.3 is 0 Å². The van der Waals surface area contributed by atoms with Gasteiger partial charge in [0.1, 0.15) is 12.0 Å². The van der Waals surface area contributed by atoms with E-state index in [0.717, 1.165) is 23.4 Å². The summed E-state index contributed by atoms with van der Waals surface area (Å²) < 4.78 is 5.13. The van der Waals surface area contributed by atoms with Gasteiger partial charge in [-0.15, -0.1) is 0 Å². The van der Waals surface area contributed by atoms with Crippen molar-refractivity contribution in [1.29, 1.82) is 0 Å². The van der Waals surface area contributed by atoms with Crippen molar-refractivity contribution in [3.63, 3.8) is 0 Å². The smallest absolute Gasteiger partial charge is 0.150 e. The molecule has 0 saturated heterocycles. The summed E-state index contributed by atoms with van der Waals surface area (Å²) in [7, 11) is 3.63. The number of hydrogen-bond donors (Lipinski definition) is 0. The third-order valence-corrected chi connectivity index (χ3v) is 2.88. The highest BCUT2D eigenvalue weighted by molar-refractivity contribution is 5.76. The Bertz CT molecular complexity index is 517. The monoisotopic (exact) mass is 241 g/mol. The van der Waals surface area contributed by atoms with Crippen molar-refractivity contribution < 1.29 is 9.53 Å². The first kappa shape index (κ1) is 12.2. The van der Waals surface area contributed by atoms with Crippen molar-refractivity contribution in [3.8, 4) is 5.75 Å². The second kappa shape index (κ2) is 5.36. The summed E-state index contributed by atoms with van der Waals surface area (Å²) in [6.45, 7) is 0. The topological polar surface area (TPSA) is 29.5 Å². The van der Waals surface area contributed by atoms with Crippen molar-refractivity contribution in [1.82, 2.24) is 0 Å². The van der Waals surface area contributed by atoms with Gasteiger partial charge in [0, 0.05) is 24.0 Å². The lowest BCUT2D eigenvalue weighted by atomic mass is 10.2. The third kappa shape index (κ3) is 2.51. The van der Waals surface area contributed by atoms with Crippen LogP contribution in [0.3, 0.4) is 0 Å². The average molecular weight is 241 g/mol. The summed E-state index contributed by atoms with van der Waals surface area (Å²) >= 11 is 0. The summed E-state index contributed by atoms with van der Waals surface area (Å²) in [5.74, 6) is 0.837. The van der Waals surface area contributed by atoms with Crippen LogP contribution in [-0.4, -0.2) is 20.4 Å². The Morgan fingerprint density at radius 3 is 1.89 bits per heavy atom. The molecule has 0 saturated carbocycles. The van der Waals surface area contributed by atoms with Crippen LogP contribution in [0.1, 0.15) is 10.4 Å². The van der Waals surface area contributed by atoms with Crippen LogP contribution >= 0.6 is 0 Å². The van der Waals surface area contributed by atoms with Crippen molar-refractivity contribution in [2.24, 2.45) is 0 Å². The Hall–Kier alpha value is -2.29. The molecule has 0 atom stereocenters. The maximum atomic E-state index is 10.6. The Morgan fingerprint density at radius 1 is 0.944 bits per heavy atom. The van der Waals surface area contributed by atoms with Crippen molar-refractivity contribution in [2.75, 3.05) is 19.1 Å². The molecule has 3 nitrogen and oxygen atoms in total. The minimum Gasteiger partial charge on any atom is -0.497 e. The van der Waals surface area contributed by atoms with Crippen LogP contribution in [0.2, 0.25) is 0 Å². The molecule has 0 bridgehead atoms. The fourth-order valence-electron chi connectivity index (χ4n) is 1.73. The van der Waals surface area contributed by atoms with Crippen LogP contribution in [0.15, 0.2) is 48.5 Å². The first-order chi connectivity index (χ1) is 8.74. The van der Waals surface area contributed by atoms with Crippen LogP contribution in [0.4, 0.5) is 11.4 Å². The number of carbonyl (C=O) groups excluding carboxylic acids is 1. The Morgan fingerprint density at radius 2 is 1.44 bits per heavy atom. The van der Waals surface area contributed by atoms with E-state index < -0.39 is 0 Å². The molecule has 0 unspecified atom stereocenters. The molecule has 3 heteroatoms. The molecule has 0 radical (unpaired) electrons. The molecule has 0 spiro atoms. The molecule has 0 aliphatic heterocycles. The van der Waals surface area contributed by atoms with Gasteiger partial charge in [0.25, 0.3) is 0 Å². The van der Waals surface area contributed by atoms with E-state index in [9.17, 15) is 4.79 Å². The van der Waals surface area contributed by atoms with Gasteiger partial charge in [-0.2, -0.15) is 0 Å². The van der Waals surface area contributed by atoms with Crippen molar-refractivity contribution in [2.45, 2.75) is 0 Å². The van der Waals surface area contributed by atoms with Gasteiger partial charge in [0.05, 0.1) is 7.11 Å².